The van der Waals surface area contributed by atoms with Crippen molar-refractivity contribution < 1.29 is 28.5 Å². The number of aliphatic carboxylic acids is 1. The zero-order valence-corrected chi connectivity index (χ0v) is 8.60. The molecule has 0 heterocycles. The van der Waals surface area contributed by atoms with E-state index in [0.717, 1.165) is 0 Å². The first-order valence-electron chi connectivity index (χ1n) is 1.23. The predicted molar refractivity (Wildman–Crippen MR) is 20.4 cm³/mol. The minimum absolute atomic E-state index is 0. The van der Waals surface area contributed by atoms with E-state index < -0.39 is 12.1 Å². The molecule has 50 valence electrons. The van der Waals surface area contributed by atoms with Gasteiger partial charge >= 0.3 is 55.1 Å². The molecule has 2 N–H and O–H groups in total. The van der Waals surface area contributed by atoms with E-state index in [1.54, 1.807) is 0 Å². The first kappa shape index (κ1) is 16.4. The molecular formula is C2H2BaF3O3+. The fourth-order valence-corrected chi connectivity index (χ4v) is 0. The van der Waals surface area contributed by atoms with Crippen LogP contribution >= 0.6 is 0 Å². The van der Waals surface area contributed by atoms with Gasteiger partial charge in [0.2, 0.25) is 0 Å². The summed E-state index contributed by atoms with van der Waals surface area (Å²) in [6.07, 6.45) is -5.19. The normalized spacial score (nSPS) is 8.78. The molecule has 0 aliphatic heterocycles. The monoisotopic (exact) mass is 269 g/mol. The molecule has 0 aromatic carbocycles. The molecule has 0 amide bonds. The Morgan fingerprint density at radius 1 is 1.33 bits per heavy atom. The quantitative estimate of drug-likeness (QED) is 0.481. The van der Waals surface area contributed by atoms with Gasteiger partial charge in [0.1, 0.15) is 5.97 Å². The molecule has 0 radical (unpaired) electrons. The van der Waals surface area contributed by atoms with E-state index in [4.69, 9.17) is 9.90 Å². The summed E-state index contributed by atoms with van der Waals surface area (Å²) in [5.74, 6) is -3.01. The Hall–Kier alpha value is 0.791. The maximum absolute atomic E-state index is 10.5. The third-order valence-electron chi connectivity index (χ3n) is 0.231. The molecule has 0 saturated carbocycles. The van der Waals surface area contributed by atoms with Crippen molar-refractivity contribution in [1.29, 1.82) is 0 Å². The Morgan fingerprint density at radius 3 is 1.44 bits per heavy atom. The third kappa shape index (κ3) is 8.79. The number of hydrogen-bond acceptors (Lipinski definition) is 2. The standard InChI is InChI=1S/C2HF3O2.Ba.H2O/c3-2(4,5)1(6)7;;/h(H,6,7);;1H2/q;+2;/p-1. The molecular weight excluding hydrogens is 266 g/mol. The topological polar surface area (TPSA) is 71.6 Å². The van der Waals surface area contributed by atoms with Gasteiger partial charge in [-0.05, 0) is 0 Å². The predicted octanol–water partition coefficient (Wildman–Crippen LogP) is -1.91. The van der Waals surface area contributed by atoms with Gasteiger partial charge in [-0.3, -0.25) is 0 Å². The van der Waals surface area contributed by atoms with E-state index >= 15 is 0 Å². The molecule has 7 heteroatoms. The first-order valence-corrected chi connectivity index (χ1v) is 1.23. The van der Waals surface area contributed by atoms with Gasteiger partial charge in [0.25, 0.3) is 0 Å². The number of carboxylic acids is 1. The van der Waals surface area contributed by atoms with Crippen LogP contribution < -0.4 is 5.11 Å². The summed E-state index contributed by atoms with van der Waals surface area (Å²) in [4.78, 5) is 8.78. The average molecular weight is 268 g/mol. The van der Waals surface area contributed by atoms with Crippen LogP contribution in [0.4, 0.5) is 13.2 Å². The minimum atomic E-state index is -5.19. The van der Waals surface area contributed by atoms with Crippen molar-refractivity contribution in [3.8, 4) is 0 Å². The molecule has 0 aliphatic carbocycles. The van der Waals surface area contributed by atoms with Crippen molar-refractivity contribution in [2.24, 2.45) is 0 Å². The molecule has 0 aliphatic rings. The van der Waals surface area contributed by atoms with Crippen LogP contribution in [-0.2, 0) is 4.79 Å². The van der Waals surface area contributed by atoms with Crippen LogP contribution in [0.5, 0.6) is 0 Å². The van der Waals surface area contributed by atoms with Crippen molar-refractivity contribution in [1.82, 2.24) is 0 Å². The summed E-state index contributed by atoms with van der Waals surface area (Å²) in [6.45, 7) is 0. The zero-order chi connectivity index (χ0) is 6.08. The fourth-order valence-electron chi connectivity index (χ4n) is 0. The van der Waals surface area contributed by atoms with Gasteiger partial charge in [0, 0.05) is 0 Å². The summed E-state index contributed by atoms with van der Waals surface area (Å²) in [6, 6.07) is 0. The average Bonchev–Trinajstić information content (AvgIpc) is 1.31. The van der Waals surface area contributed by atoms with Crippen LogP contribution in [0.3, 0.4) is 0 Å². The van der Waals surface area contributed by atoms with Crippen LogP contribution in [-0.4, -0.2) is 66.5 Å². The van der Waals surface area contributed by atoms with E-state index in [-0.39, 0.29) is 54.4 Å². The maximum Gasteiger partial charge on any atom is 2.00 e. The van der Waals surface area contributed by atoms with Crippen molar-refractivity contribution >= 4 is 54.9 Å². The molecule has 0 aromatic rings. The summed E-state index contributed by atoms with van der Waals surface area (Å²) in [5, 5.41) is 8.78. The first-order chi connectivity index (χ1) is 2.94. The van der Waals surface area contributed by atoms with Crippen LogP contribution in [0.15, 0.2) is 0 Å². The molecule has 0 aromatic heterocycles. The molecule has 0 unspecified atom stereocenters. The largest absolute Gasteiger partial charge is 2.00 e. The van der Waals surface area contributed by atoms with Gasteiger partial charge < -0.3 is 15.4 Å². The minimum Gasteiger partial charge on any atom is -0.542 e. The second kappa shape index (κ2) is 5.57. The number of alkyl halides is 3. The summed E-state index contributed by atoms with van der Waals surface area (Å²) in [5.41, 5.74) is 0. The fraction of sp³-hybridized carbons (Fsp3) is 0.500. The van der Waals surface area contributed by atoms with E-state index in [1.165, 1.54) is 0 Å². The maximum atomic E-state index is 10.5. The van der Waals surface area contributed by atoms with Gasteiger partial charge in [-0.25, -0.2) is 0 Å². The zero-order valence-electron chi connectivity index (χ0n) is 4.16. The van der Waals surface area contributed by atoms with Crippen LogP contribution in [0.1, 0.15) is 0 Å². The molecule has 0 spiro atoms. The third-order valence-corrected chi connectivity index (χ3v) is 0.231. The SMILES string of the molecule is O.O=C([O-])C(F)(F)F.[Ba+2]. The summed E-state index contributed by atoms with van der Waals surface area (Å²) in [7, 11) is 0. The number of rotatable bonds is 0. The number of carbonyl (C=O) groups excluding carboxylic acids is 1. The Morgan fingerprint density at radius 2 is 1.44 bits per heavy atom. The van der Waals surface area contributed by atoms with Gasteiger partial charge in [-0.2, -0.15) is 13.2 Å². The number of carboxylic acid groups (broad SMARTS) is 1. The van der Waals surface area contributed by atoms with E-state index in [2.05, 4.69) is 0 Å². The smallest absolute Gasteiger partial charge is 0.542 e. The number of hydrogen-bond donors (Lipinski definition) is 0. The van der Waals surface area contributed by atoms with Crippen LogP contribution in [0, 0.1) is 0 Å². The van der Waals surface area contributed by atoms with Gasteiger partial charge in [-0.1, -0.05) is 0 Å². The molecule has 3 nitrogen and oxygen atoms in total. The van der Waals surface area contributed by atoms with E-state index in [9.17, 15) is 13.2 Å². The van der Waals surface area contributed by atoms with Crippen molar-refractivity contribution in [3.05, 3.63) is 0 Å². The summed E-state index contributed by atoms with van der Waals surface area (Å²) >= 11 is 0. The van der Waals surface area contributed by atoms with Crippen molar-refractivity contribution in [2.45, 2.75) is 6.18 Å². The van der Waals surface area contributed by atoms with Crippen molar-refractivity contribution in [2.75, 3.05) is 0 Å². The molecule has 0 rings (SSSR count). The second-order valence-electron chi connectivity index (χ2n) is 0.785. The Kier molecular flexibility index (Phi) is 10.1. The van der Waals surface area contributed by atoms with Gasteiger partial charge in [0.05, 0.1) is 0 Å². The van der Waals surface area contributed by atoms with Gasteiger partial charge in [-0.15, -0.1) is 0 Å². The summed E-state index contributed by atoms with van der Waals surface area (Å²) < 4.78 is 31.5. The Balaban J connectivity index is -0.000000180. The Bertz CT molecular complexity index is 89.5. The Labute approximate surface area is 88.6 Å². The van der Waals surface area contributed by atoms with E-state index in [1.807, 2.05) is 0 Å². The second-order valence-corrected chi connectivity index (χ2v) is 0.785. The molecule has 0 fully saturated rings. The van der Waals surface area contributed by atoms with E-state index in [0.29, 0.717) is 0 Å². The van der Waals surface area contributed by atoms with Crippen LogP contribution in [0.2, 0.25) is 0 Å². The molecule has 0 bridgehead atoms. The van der Waals surface area contributed by atoms with Crippen LogP contribution in [0.25, 0.3) is 0 Å². The van der Waals surface area contributed by atoms with Gasteiger partial charge in [0.15, 0.2) is 0 Å². The molecule has 0 atom stereocenters. The van der Waals surface area contributed by atoms with Crippen molar-refractivity contribution in [3.63, 3.8) is 0 Å². The molecule has 0 saturated heterocycles. The number of carbonyl (C=O) groups is 1. The number of halogens is 3. The molecule has 9 heavy (non-hydrogen) atoms.